The molecule has 0 radical (unpaired) electrons. The number of fused-ring (bicyclic) bond motifs is 12. The first-order chi connectivity index (χ1) is 27.0. The van der Waals surface area contributed by atoms with Gasteiger partial charge in [0.05, 0.1) is 20.8 Å². The number of aromatic amines is 1. The molecule has 0 amide bonds. The lowest BCUT2D eigenvalue weighted by molar-refractivity contribution is 0.614. The molecule has 0 bridgehead atoms. The van der Waals surface area contributed by atoms with Gasteiger partial charge in [-0.3, -0.25) is 0 Å². The summed E-state index contributed by atoms with van der Waals surface area (Å²) in [6.07, 6.45) is 3.49. The fraction of sp³-hybridized carbons (Fsp3) is 0.0980. The Hall–Kier alpha value is -5.94. The standard InChI is InChI=1S/C51H36N2S2/c1-51(2)41-16-6-3-11-33(41)38-28-40-39-27-31(23-26-43(39)52-44(40)29-42(38)51)30-21-24-32(25-22-30)53(45-17-9-14-36-34-12-4-7-19-47(34)54-49(36)45)46-18-10-15-37-35-13-5-8-20-48(35)55-50(37)46/h3-27,29,38,52H,28H2,1-2H3. The average Bonchev–Trinajstić information content (AvgIpc) is 3.96. The monoisotopic (exact) mass is 740 g/mol. The van der Waals surface area contributed by atoms with Crippen molar-refractivity contribution in [2.75, 3.05) is 4.90 Å². The number of hydrogen-bond acceptors (Lipinski definition) is 3. The second-order valence-corrected chi connectivity index (χ2v) is 17.8. The van der Waals surface area contributed by atoms with Gasteiger partial charge in [-0.1, -0.05) is 123 Å². The summed E-state index contributed by atoms with van der Waals surface area (Å²) >= 11 is 3.77. The molecular weight excluding hydrogens is 705 g/mol. The first-order valence-corrected chi connectivity index (χ1v) is 20.8. The highest BCUT2D eigenvalue weighted by molar-refractivity contribution is 7.27. The summed E-state index contributed by atoms with van der Waals surface area (Å²) in [5.74, 6) is 0.433. The predicted octanol–water partition coefficient (Wildman–Crippen LogP) is 15.1. The summed E-state index contributed by atoms with van der Waals surface area (Å²) < 4.78 is 5.24. The second-order valence-electron chi connectivity index (χ2n) is 15.7. The Balaban J connectivity index is 0.990. The summed E-state index contributed by atoms with van der Waals surface area (Å²) in [7, 11) is 0. The van der Waals surface area contributed by atoms with E-state index in [9.17, 15) is 0 Å². The lowest BCUT2D eigenvalue weighted by Gasteiger charge is -2.27. The molecule has 3 heterocycles. The third-order valence-corrected chi connectivity index (χ3v) is 14.9. The van der Waals surface area contributed by atoms with Gasteiger partial charge in [-0.15, -0.1) is 22.7 Å². The Morgan fingerprint density at radius 2 is 1.18 bits per heavy atom. The van der Waals surface area contributed by atoms with Crippen LogP contribution in [0.4, 0.5) is 17.1 Å². The average molecular weight is 741 g/mol. The maximum absolute atomic E-state index is 3.80. The molecule has 4 heteroatoms. The van der Waals surface area contributed by atoms with E-state index in [0.29, 0.717) is 5.92 Å². The lowest BCUT2D eigenvalue weighted by Crippen LogP contribution is -2.19. The highest BCUT2D eigenvalue weighted by Gasteiger charge is 2.43. The van der Waals surface area contributed by atoms with Crippen LogP contribution in [0.25, 0.3) is 68.5 Å². The highest BCUT2D eigenvalue weighted by Crippen LogP contribution is 2.55. The Morgan fingerprint density at radius 1 is 0.582 bits per heavy atom. The summed E-state index contributed by atoms with van der Waals surface area (Å²) in [6, 6.07) is 56.5. The van der Waals surface area contributed by atoms with E-state index in [1.165, 1.54) is 102 Å². The maximum atomic E-state index is 3.80. The molecule has 12 rings (SSSR count). The molecule has 2 aliphatic carbocycles. The third kappa shape index (κ3) is 4.53. The van der Waals surface area contributed by atoms with Crippen molar-refractivity contribution in [2.45, 2.75) is 31.6 Å². The molecule has 10 aromatic rings. The molecule has 0 spiro atoms. The number of anilines is 3. The Bertz CT molecular complexity index is 3110. The minimum Gasteiger partial charge on any atom is -0.355 e. The van der Waals surface area contributed by atoms with Crippen molar-refractivity contribution in [3.8, 4) is 11.1 Å². The minimum absolute atomic E-state index is 0.0437. The number of nitrogens with zero attached hydrogens (tertiary/aromatic N) is 1. The number of allylic oxidation sites excluding steroid dienone is 1. The van der Waals surface area contributed by atoms with Crippen molar-refractivity contribution in [1.82, 2.24) is 4.98 Å². The largest absolute Gasteiger partial charge is 0.355 e. The van der Waals surface area contributed by atoms with Gasteiger partial charge in [0.15, 0.2) is 0 Å². The summed E-state index contributed by atoms with van der Waals surface area (Å²) in [4.78, 5) is 6.30. The fourth-order valence-electron chi connectivity index (χ4n) is 9.81. The number of H-pyrrole nitrogens is 1. The Kier molecular flexibility index (Phi) is 6.59. The molecule has 0 aliphatic heterocycles. The predicted molar refractivity (Wildman–Crippen MR) is 238 cm³/mol. The lowest BCUT2D eigenvalue weighted by atomic mass is 9.76. The van der Waals surface area contributed by atoms with E-state index >= 15 is 0 Å². The number of rotatable bonds is 4. The van der Waals surface area contributed by atoms with Gasteiger partial charge in [-0.25, -0.2) is 0 Å². The molecule has 1 N–H and O–H groups in total. The SMILES string of the molecule is CC1(C)C2=Cc3[nH]c4ccc(-c5ccc(N(c6cccc7c6sc6ccccc67)c6cccc7c6sc6ccccc67)cc5)cc4c3CC2c2ccccc21. The van der Waals surface area contributed by atoms with Gasteiger partial charge in [-0.2, -0.15) is 0 Å². The normalized spacial score (nSPS) is 15.8. The minimum atomic E-state index is 0.0437. The number of nitrogens with one attached hydrogen (secondary N) is 1. The number of benzene rings is 7. The van der Waals surface area contributed by atoms with Gasteiger partial charge in [0.2, 0.25) is 0 Å². The zero-order valence-corrected chi connectivity index (χ0v) is 32.2. The van der Waals surface area contributed by atoms with E-state index in [-0.39, 0.29) is 5.41 Å². The van der Waals surface area contributed by atoms with Crippen LogP contribution in [0.3, 0.4) is 0 Å². The molecule has 1 atom stereocenters. The zero-order chi connectivity index (χ0) is 36.4. The molecule has 0 saturated heterocycles. The molecule has 2 aliphatic rings. The molecule has 55 heavy (non-hydrogen) atoms. The van der Waals surface area contributed by atoms with E-state index in [1.54, 1.807) is 0 Å². The van der Waals surface area contributed by atoms with Crippen LogP contribution in [0, 0.1) is 0 Å². The molecule has 7 aromatic carbocycles. The molecule has 0 fully saturated rings. The van der Waals surface area contributed by atoms with Crippen molar-refractivity contribution in [3.05, 3.63) is 180 Å². The molecule has 2 nitrogen and oxygen atoms in total. The summed E-state index contributed by atoms with van der Waals surface area (Å²) in [5.41, 5.74) is 14.5. The highest BCUT2D eigenvalue weighted by atomic mass is 32.1. The van der Waals surface area contributed by atoms with Crippen LogP contribution in [0.1, 0.15) is 42.1 Å². The fourth-order valence-corrected chi connectivity index (χ4v) is 12.2. The van der Waals surface area contributed by atoms with E-state index in [1.807, 2.05) is 22.7 Å². The van der Waals surface area contributed by atoms with Crippen LogP contribution in [0.2, 0.25) is 0 Å². The van der Waals surface area contributed by atoms with Crippen LogP contribution in [0.5, 0.6) is 0 Å². The van der Waals surface area contributed by atoms with E-state index in [0.717, 1.165) is 12.1 Å². The summed E-state index contributed by atoms with van der Waals surface area (Å²) in [6.45, 7) is 4.78. The van der Waals surface area contributed by atoms with Crippen LogP contribution in [0.15, 0.2) is 157 Å². The zero-order valence-electron chi connectivity index (χ0n) is 30.6. The van der Waals surface area contributed by atoms with Gasteiger partial charge < -0.3 is 9.88 Å². The number of hydrogen-bond donors (Lipinski definition) is 1. The molecular formula is C51H36N2S2. The van der Waals surface area contributed by atoms with Crippen molar-refractivity contribution >= 4 is 97.1 Å². The quantitative estimate of drug-likeness (QED) is 0.190. The molecule has 262 valence electrons. The van der Waals surface area contributed by atoms with Gasteiger partial charge in [0.1, 0.15) is 0 Å². The first-order valence-electron chi connectivity index (χ1n) is 19.2. The maximum Gasteiger partial charge on any atom is 0.0640 e. The molecule has 3 aromatic heterocycles. The van der Waals surface area contributed by atoms with Gasteiger partial charge in [0.25, 0.3) is 0 Å². The second kappa shape index (κ2) is 11.5. The van der Waals surface area contributed by atoms with Crippen LogP contribution < -0.4 is 4.90 Å². The number of thiophene rings is 2. The third-order valence-electron chi connectivity index (χ3n) is 12.5. The van der Waals surface area contributed by atoms with E-state index in [2.05, 4.69) is 181 Å². The van der Waals surface area contributed by atoms with Crippen molar-refractivity contribution in [3.63, 3.8) is 0 Å². The van der Waals surface area contributed by atoms with Gasteiger partial charge >= 0.3 is 0 Å². The first kappa shape index (κ1) is 31.4. The van der Waals surface area contributed by atoms with E-state index < -0.39 is 0 Å². The van der Waals surface area contributed by atoms with Gasteiger partial charge in [0, 0.05) is 64.6 Å². The topological polar surface area (TPSA) is 19.0 Å². The molecule has 0 saturated carbocycles. The van der Waals surface area contributed by atoms with Crippen LogP contribution in [-0.4, -0.2) is 4.98 Å². The van der Waals surface area contributed by atoms with E-state index in [4.69, 9.17) is 0 Å². The Morgan fingerprint density at radius 3 is 1.87 bits per heavy atom. The van der Waals surface area contributed by atoms with Gasteiger partial charge in [-0.05, 0) is 88.8 Å². The van der Waals surface area contributed by atoms with Crippen LogP contribution in [-0.2, 0) is 11.8 Å². The molecule has 1 unspecified atom stereocenters. The van der Waals surface area contributed by atoms with Crippen molar-refractivity contribution < 1.29 is 0 Å². The smallest absolute Gasteiger partial charge is 0.0640 e. The Labute approximate surface area is 327 Å². The van der Waals surface area contributed by atoms with Crippen molar-refractivity contribution in [1.29, 1.82) is 0 Å². The van der Waals surface area contributed by atoms with Crippen LogP contribution >= 0.6 is 22.7 Å². The summed E-state index contributed by atoms with van der Waals surface area (Å²) in [5, 5.41) is 6.57. The van der Waals surface area contributed by atoms with Crippen molar-refractivity contribution in [2.24, 2.45) is 0 Å². The number of aromatic nitrogens is 1.